The van der Waals surface area contributed by atoms with Crippen LogP contribution in [-0.4, -0.2) is 24.1 Å². The fourth-order valence-electron chi connectivity index (χ4n) is 2.22. The van der Waals surface area contributed by atoms with Gasteiger partial charge in [0.25, 0.3) is 5.91 Å². The molecule has 0 saturated heterocycles. The summed E-state index contributed by atoms with van der Waals surface area (Å²) < 4.78 is 10.6. The van der Waals surface area contributed by atoms with Gasteiger partial charge in [0, 0.05) is 11.1 Å². The minimum Gasteiger partial charge on any atom is -0.497 e. The summed E-state index contributed by atoms with van der Waals surface area (Å²) >= 11 is 5.88. The van der Waals surface area contributed by atoms with E-state index in [0.717, 1.165) is 5.39 Å². The maximum absolute atomic E-state index is 12.3. The monoisotopic (exact) mass is 345 g/mol. The first-order chi connectivity index (χ1) is 11.5. The summed E-state index contributed by atoms with van der Waals surface area (Å²) in [5.41, 5.74) is 0.888. The van der Waals surface area contributed by atoms with Crippen LogP contribution in [0.5, 0.6) is 5.75 Å². The van der Waals surface area contributed by atoms with Crippen molar-refractivity contribution < 1.29 is 23.8 Å². The third kappa shape index (κ3) is 3.04. The van der Waals surface area contributed by atoms with Crippen molar-refractivity contribution in [3.8, 4) is 5.75 Å². The van der Waals surface area contributed by atoms with E-state index in [-0.39, 0.29) is 16.3 Å². The van der Waals surface area contributed by atoms with Crippen molar-refractivity contribution in [3.05, 3.63) is 58.8 Å². The molecule has 1 aromatic heterocycles. The Morgan fingerprint density at radius 3 is 2.62 bits per heavy atom. The summed E-state index contributed by atoms with van der Waals surface area (Å²) in [5.74, 6) is -0.823. The van der Waals surface area contributed by atoms with Crippen LogP contribution in [0.3, 0.4) is 0 Å². The largest absolute Gasteiger partial charge is 0.497 e. The Hall–Kier alpha value is -2.99. The molecule has 0 atom stereocenters. The lowest BCUT2D eigenvalue weighted by atomic mass is 10.2. The van der Waals surface area contributed by atoms with E-state index in [9.17, 15) is 9.59 Å². The third-order valence-corrected chi connectivity index (χ3v) is 3.72. The van der Waals surface area contributed by atoms with Gasteiger partial charge in [-0.25, -0.2) is 4.79 Å². The summed E-state index contributed by atoms with van der Waals surface area (Å²) in [7, 11) is 1.55. The Morgan fingerprint density at radius 2 is 1.96 bits per heavy atom. The zero-order valence-corrected chi connectivity index (χ0v) is 13.3. The molecule has 7 heteroatoms. The number of carboxylic acid groups (broad SMARTS) is 1. The van der Waals surface area contributed by atoms with E-state index in [1.807, 2.05) is 0 Å². The number of carboxylic acids is 1. The van der Waals surface area contributed by atoms with Crippen LogP contribution < -0.4 is 10.1 Å². The van der Waals surface area contributed by atoms with Crippen LogP contribution in [0.1, 0.15) is 20.9 Å². The zero-order valence-electron chi connectivity index (χ0n) is 12.5. The lowest BCUT2D eigenvalue weighted by Gasteiger charge is -2.05. The van der Waals surface area contributed by atoms with Crippen molar-refractivity contribution in [1.82, 2.24) is 0 Å². The van der Waals surface area contributed by atoms with E-state index in [1.54, 1.807) is 31.4 Å². The van der Waals surface area contributed by atoms with Crippen LogP contribution in [0.4, 0.5) is 5.69 Å². The average molecular weight is 346 g/mol. The van der Waals surface area contributed by atoms with Gasteiger partial charge in [-0.15, -0.1) is 0 Å². The normalized spacial score (nSPS) is 10.6. The van der Waals surface area contributed by atoms with E-state index in [0.29, 0.717) is 17.0 Å². The standard InChI is InChI=1S/C17H12ClNO5/c1-23-11-3-5-14-9(6-11)7-15(24-14)16(20)19-10-2-4-12(17(21)22)13(18)8-10/h2-8H,1H3,(H,19,20)(H,21,22). The zero-order chi connectivity index (χ0) is 17.3. The maximum atomic E-state index is 12.3. The number of furan rings is 1. The molecule has 0 spiro atoms. The second-order valence-corrected chi connectivity index (χ2v) is 5.38. The molecule has 0 fully saturated rings. The first-order valence-corrected chi connectivity index (χ1v) is 7.27. The third-order valence-electron chi connectivity index (χ3n) is 3.40. The summed E-state index contributed by atoms with van der Waals surface area (Å²) in [6.45, 7) is 0. The molecule has 2 aromatic carbocycles. The van der Waals surface area contributed by atoms with E-state index in [1.165, 1.54) is 18.2 Å². The number of hydrogen-bond donors (Lipinski definition) is 2. The van der Waals surface area contributed by atoms with Gasteiger partial charge in [0.2, 0.25) is 0 Å². The van der Waals surface area contributed by atoms with Gasteiger partial charge in [-0.2, -0.15) is 0 Å². The minimum atomic E-state index is -1.14. The Bertz CT molecular complexity index is 947. The molecule has 0 saturated carbocycles. The topological polar surface area (TPSA) is 88.8 Å². The number of hydrogen-bond acceptors (Lipinski definition) is 4. The number of carbonyl (C=O) groups excluding carboxylic acids is 1. The highest BCUT2D eigenvalue weighted by atomic mass is 35.5. The number of anilines is 1. The number of fused-ring (bicyclic) bond motifs is 1. The number of methoxy groups -OCH3 is 1. The quantitative estimate of drug-likeness (QED) is 0.744. The van der Waals surface area contributed by atoms with Crippen molar-refractivity contribution in [2.45, 2.75) is 0 Å². The summed E-state index contributed by atoms with van der Waals surface area (Å²) in [5, 5.41) is 12.3. The van der Waals surface area contributed by atoms with Crippen LogP contribution >= 0.6 is 11.6 Å². The van der Waals surface area contributed by atoms with E-state index in [2.05, 4.69) is 5.32 Å². The summed E-state index contributed by atoms with van der Waals surface area (Å²) in [6, 6.07) is 11.0. The minimum absolute atomic E-state index is 0.0366. The van der Waals surface area contributed by atoms with Gasteiger partial charge >= 0.3 is 5.97 Å². The van der Waals surface area contributed by atoms with Crippen LogP contribution in [0, 0.1) is 0 Å². The Labute approximate surface area is 141 Å². The van der Waals surface area contributed by atoms with Crippen LogP contribution in [0.25, 0.3) is 11.0 Å². The second-order valence-electron chi connectivity index (χ2n) is 4.97. The molecule has 3 rings (SSSR count). The number of nitrogens with one attached hydrogen (secondary N) is 1. The molecule has 0 radical (unpaired) electrons. The van der Waals surface area contributed by atoms with Gasteiger partial charge in [0.05, 0.1) is 17.7 Å². The van der Waals surface area contributed by atoms with Crippen molar-refractivity contribution in [2.75, 3.05) is 12.4 Å². The Morgan fingerprint density at radius 1 is 1.17 bits per heavy atom. The molecule has 0 bridgehead atoms. The molecule has 0 aliphatic carbocycles. The molecule has 3 aromatic rings. The fraction of sp³-hybridized carbons (Fsp3) is 0.0588. The van der Waals surface area contributed by atoms with E-state index < -0.39 is 11.9 Å². The van der Waals surface area contributed by atoms with Gasteiger partial charge in [-0.3, -0.25) is 4.79 Å². The molecular weight excluding hydrogens is 334 g/mol. The highest BCUT2D eigenvalue weighted by Gasteiger charge is 2.15. The average Bonchev–Trinajstić information content (AvgIpc) is 2.97. The van der Waals surface area contributed by atoms with Crippen LogP contribution in [-0.2, 0) is 0 Å². The van der Waals surface area contributed by atoms with Gasteiger partial charge < -0.3 is 19.6 Å². The van der Waals surface area contributed by atoms with Crippen LogP contribution in [0.2, 0.25) is 5.02 Å². The summed E-state index contributed by atoms with van der Waals surface area (Å²) in [4.78, 5) is 23.2. The van der Waals surface area contributed by atoms with Gasteiger partial charge in [0.15, 0.2) is 5.76 Å². The number of ether oxygens (including phenoxy) is 1. The van der Waals surface area contributed by atoms with E-state index >= 15 is 0 Å². The lowest BCUT2D eigenvalue weighted by Crippen LogP contribution is -2.11. The highest BCUT2D eigenvalue weighted by Crippen LogP contribution is 2.25. The predicted octanol–water partition coefficient (Wildman–Crippen LogP) is 4.05. The first kappa shape index (κ1) is 15.9. The highest BCUT2D eigenvalue weighted by molar-refractivity contribution is 6.33. The van der Waals surface area contributed by atoms with Crippen molar-refractivity contribution in [1.29, 1.82) is 0 Å². The number of benzene rings is 2. The smallest absolute Gasteiger partial charge is 0.337 e. The lowest BCUT2D eigenvalue weighted by molar-refractivity contribution is 0.0697. The van der Waals surface area contributed by atoms with Crippen molar-refractivity contribution >= 4 is 40.1 Å². The molecule has 0 unspecified atom stereocenters. The van der Waals surface area contributed by atoms with Gasteiger partial charge in [-0.1, -0.05) is 11.6 Å². The van der Waals surface area contributed by atoms with Crippen molar-refractivity contribution in [2.24, 2.45) is 0 Å². The van der Waals surface area contributed by atoms with Crippen LogP contribution in [0.15, 0.2) is 46.9 Å². The molecule has 1 amide bonds. The summed E-state index contributed by atoms with van der Waals surface area (Å²) in [6.07, 6.45) is 0. The number of carbonyl (C=O) groups is 2. The number of amides is 1. The second kappa shape index (κ2) is 6.25. The number of halogens is 1. The number of rotatable bonds is 4. The molecule has 122 valence electrons. The molecule has 1 heterocycles. The van der Waals surface area contributed by atoms with Gasteiger partial charge in [-0.05, 0) is 42.5 Å². The predicted molar refractivity (Wildman–Crippen MR) is 89.1 cm³/mol. The molecule has 24 heavy (non-hydrogen) atoms. The first-order valence-electron chi connectivity index (χ1n) is 6.89. The van der Waals surface area contributed by atoms with Gasteiger partial charge in [0.1, 0.15) is 11.3 Å². The van der Waals surface area contributed by atoms with Crippen molar-refractivity contribution in [3.63, 3.8) is 0 Å². The Kier molecular flexibility index (Phi) is 4.14. The molecule has 0 aliphatic rings. The molecular formula is C17H12ClNO5. The van der Waals surface area contributed by atoms with E-state index in [4.69, 9.17) is 25.9 Å². The fourth-order valence-corrected chi connectivity index (χ4v) is 2.48. The Balaban J connectivity index is 1.84. The molecule has 0 aliphatic heterocycles. The maximum Gasteiger partial charge on any atom is 0.337 e. The molecule has 6 nitrogen and oxygen atoms in total. The number of aromatic carboxylic acids is 1. The SMILES string of the molecule is COc1ccc2oc(C(=O)Nc3ccc(C(=O)O)c(Cl)c3)cc2c1. The molecule has 2 N–H and O–H groups in total.